The van der Waals surface area contributed by atoms with E-state index in [0.29, 0.717) is 6.42 Å². The molecular weight excluding hydrogens is 170 g/mol. The molecule has 0 aromatic heterocycles. The maximum absolute atomic E-state index is 10.4. The second kappa shape index (κ2) is 2.93. The fourth-order valence-corrected chi connectivity index (χ4v) is 1.28. The van der Waals surface area contributed by atoms with Gasteiger partial charge in [0, 0.05) is 6.42 Å². The number of nitrogens with zero attached hydrogens (tertiary/aromatic N) is 3. The minimum atomic E-state index is -0.824. The van der Waals surface area contributed by atoms with E-state index in [1.807, 2.05) is 0 Å². The number of hydrogen-bond acceptors (Lipinski definition) is 4. The van der Waals surface area contributed by atoms with Crippen molar-refractivity contribution in [3.05, 3.63) is 23.4 Å². The summed E-state index contributed by atoms with van der Waals surface area (Å²) in [5.74, 6) is -0.824. The average Bonchev–Trinajstić information content (AvgIpc) is 2.49. The first-order valence-electron chi connectivity index (χ1n) is 3.85. The van der Waals surface area contributed by atoms with Gasteiger partial charge in [-0.25, -0.2) is 0 Å². The van der Waals surface area contributed by atoms with E-state index in [1.165, 1.54) is 0 Å². The van der Waals surface area contributed by atoms with Gasteiger partial charge in [-0.2, -0.15) is 0 Å². The summed E-state index contributed by atoms with van der Waals surface area (Å²) in [5.41, 5.74) is 2.34. The van der Waals surface area contributed by atoms with E-state index < -0.39 is 5.97 Å². The summed E-state index contributed by atoms with van der Waals surface area (Å²) in [6.45, 7) is 0. The average molecular weight is 177 g/mol. The third kappa shape index (κ3) is 1.53. The molecule has 0 aromatic rings. The maximum atomic E-state index is 10.4. The molecule has 1 aliphatic carbocycles. The number of carboxylic acid groups (broad SMARTS) is 1. The molecule has 0 radical (unpaired) electrons. The molecule has 0 saturated heterocycles. The Bertz CT molecular complexity index is 377. The largest absolute Gasteiger partial charge is 0.481 e. The highest BCUT2D eigenvalue weighted by atomic mass is 16.4. The van der Waals surface area contributed by atoms with Crippen molar-refractivity contribution in [3.8, 4) is 0 Å². The molecule has 2 rings (SSSR count). The molecule has 66 valence electrons. The van der Waals surface area contributed by atoms with Crippen LogP contribution in [0.2, 0.25) is 0 Å². The van der Waals surface area contributed by atoms with Crippen molar-refractivity contribution in [3.63, 3.8) is 0 Å². The van der Waals surface area contributed by atoms with Crippen LogP contribution in [0.5, 0.6) is 0 Å². The molecular formula is C8H7N3O2. The van der Waals surface area contributed by atoms with E-state index in [4.69, 9.17) is 5.11 Å². The minimum Gasteiger partial charge on any atom is -0.481 e. The highest BCUT2D eigenvalue weighted by Gasteiger charge is 2.18. The van der Waals surface area contributed by atoms with Crippen LogP contribution in [-0.4, -0.2) is 16.8 Å². The van der Waals surface area contributed by atoms with Crippen molar-refractivity contribution in [1.29, 1.82) is 0 Å². The number of carboxylic acids is 1. The van der Waals surface area contributed by atoms with Crippen molar-refractivity contribution in [1.82, 2.24) is 0 Å². The zero-order valence-electron chi connectivity index (χ0n) is 6.77. The Hall–Kier alpha value is -1.78. The quantitative estimate of drug-likeness (QED) is 0.693. The molecule has 0 unspecified atom stereocenters. The van der Waals surface area contributed by atoms with Gasteiger partial charge in [0.05, 0.1) is 12.1 Å². The molecule has 0 aromatic carbocycles. The number of allylic oxidation sites excluding steroid dienone is 3. The molecule has 0 atom stereocenters. The van der Waals surface area contributed by atoms with Crippen molar-refractivity contribution in [2.75, 3.05) is 0 Å². The summed E-state index contributed by atoms with van der Waals surface area (Å²) in [6, 6.07) is 0. The van der Waals surface area contributed by atoms with Gasteiger partial charge in [-0.05, 0) is 11.3 Å². The number of rotatable bonds is 2. The molecule has 0 bridgehead atoms. The van der Waals surface area contributed by atoms with Crippen LogP contribution < -0.4 is 0 Å². The van der Waals surface area contributed by atoms with E-state index in [2.05, 4.69) is 15.4 Å². The molecule has 1 aliphatic heterocycles. The lowest BCUT2D eigenvalue weighted by molar-refractivity contribution is -0.136. The van der Waals surface area contributed by atoms with Gasteiger partial charge < -0.3 is 5.11 Å². The van der Waals surface area contributed by atoms with E-state index >= 15 is 0 Å². The summed E-state index contributed by atoms with van der Waals surface area (Å²) in [5, 5.41) is 19.6. The third-order valence-electron chi connectivity index (χ3n) is 1.86. The van der Waals surface area contributed by atoms with Crippen molar-refractivity contribution in [2.24, 2.45) is 15.4 Å². The van der Waals surface area contributed by atoms with Gasteiger partial charge in [0.1, 0.15) is 5.70 Å². The topological polar surface area (TPSA) is 74.4 Å². The zero-order chi connectivity index (χ0) is 9.26. The second-order valence-electron chi connectivity index (χ2n) is 2.86. The van der Waals surface area contributed by atoms with E-state index in [-0.39, 0.29) is 6.42 Å². The molecule has 5 heteroatoms. The predicted molar refractivity (Wildman–Crippen MR) is 45.3 cm³/mol. The lowest BCUT2D eigenvalue weighted by atomic mass is 9.99. The first-order valence-corrected chi connectivity index (χ1v) is 3.85. The number of fused-ring (bicyclic) bond motifs is 1. The Morgan fingerprint density at radius 2 is 2.38 bits per heavy atom. The molecule has 0 spiro atoms. The van der Waals surface area contributed by atoms with Crippen LogP contribution in [0.3, 0.4) is 0 Å². The zero-order valence-corrected chi connectivity index (χ0v) is 6.77. The van der Waals surface area contributed by atoms with Crippen LogP contribution in [0.1, 0.15) is 12.8 Å². The predicted octanol–water partition coefficient (Wildman–Crippen LogP) is 1.50. The highest BCUT2D eigenvalue weighted by molar-refractivity contribution is 6.03. The maximum Gasteiger partial charge on any atom is 0.307 e. The molecule has 2 aliphatic rings. The van der Waals surface area contributed by atoms with Crippen molar-refractivity contribution in [2.45, 2.75) is 12.8 Å². The molecule has 0 amide bonds. The van der Waals surface area contributed by atoms with Gasteiger partial charge >= 0.3 is 5.97 Å². The summed E-state index contributed by atoms with van der Waals surface area (Å²) < 4.78 is 0. The van der Waals surface area contributed by atoms with Gasteiger partial charge in [0.25, 0.3) is 0 Å². The lowest BCUT2D eigenvalue weighted by Gasteiger charge is -2.07. The second-order valence-corrected chi connectivity index (χ2v) is 2.86. The first-order chi connectivity index (χ1) is 6.25. The van der Waals surface area contributed by atoms with Crippen LogP contribution in [0.4, 0.5) is 0 Å². The van der Waals surface area contributed by atoms with Gasteiger partial charge in [0.2, 0.25) is 0 Å². The number of aliphatic carboxylic acids is 1. The SMILES string of the molecule is O=C(O)CC1=CC=C2N=NN=C2C1. The Labute approximate surface area is 74.2 Å². The third-order valence-corrected chi connectivity index (χ3v) is 1.86. The standard InChI is InChI=1S/C8H7N3O2/c12-8(13)4-5-1-2-6-7(3-5)10-11-9-6/h1-2H,3-4H2,(H,12,13). The van der Waals surface area contributed by atoms with Crippen LogP contribution in [0, 0.1) is 0 Å². The van der Waals surface area contributed by atoms with E-state index in [0.717, 1.165) is 17.0 Å². The van der Waals surface area contributed by atoms with Gasteiger partial charge in [-0.1, -0.05) is 11.6 Å². The Balaban J connectivity index is 2.16. The highest BCUT2D eigenvalue weighted by Crippen LogP contribution is 2.23. The monoisotopic (exact) mass is 177 g/mol. The number of hydrogen-bond donors (Lipinski definition) is 1. The summed E-state index contributed by atoms with van der Waals surface area (Å²) in [6.07, 6.45) is 4.12. The molecule has 13 heavy (non-hydrogen) atoms. The fraction of sp³-hybridized carbons (Fsp3) is 0.250. The molecule has 1 heterocycles. The molecule has 5 nitrogen and oxygen atoms in total. The summed E-state index contributed by atoms with van der Waals surface area (Å²) in [4.78, 5) is 10.4. The van der Waals surface area contributed by atoms with Crippen LogP contribution in [-0.2, 0) is 4.79 Å². The van der Waals surface area contributed by atoms with Crippen LogP contribution >= 0.6 is 0 Å². The van der Waals surface area contributed by atoms with E-state index in [1.54, 1.807) is 12.2 Å². The Morgan fingerprint density at radius 3 is 3.15 bits per heavy atom. The van der Waals surface area contributed by atoms with Crippen molar-refractivity contribution < 1.29 is 9.90 Å². The lowest BCUT2D eigenvalue weighted by Crippen LogP contribution is -2.07. The Kier molecular flexibility index (Phi) is 1.77. The fourth-order valence-electron chi connectivity index (χ4n) is 1.28. The van der Waals surface area contributed by atoms with Gasteiger partial charge in [-0.15, -0.1) is 10.2 Å². The minimum absolute atomic E-state index is 0.0583. The van der Waals surface area contributed by atoms with Crippen molar-refractivity contribution >= 4 is 11.7 Å². The molecule has 0 saturated carbocycles. The van der Waals surface area contributed by atoms with Crippen LogP contribution in [0.25, 0.3) is 0 Å². The smallest absolute Gasteiger partial charge is 0.307 e. The number of carbonyl (C=O) groups is 1. The summed E-state index contributed by atoms with van der Waals surface area (Å²) >= 11 is 0. The van der Waals surface area contributed by atoms with Gasteiger partial charge in [-0.3, -0.25) is 4.79 Å². The van der Waals surface area contributed by atoms with Gasteiger partial charge in [0.15, 0.2) is 0 Å². The molecule has 0 fully saturated rings. The Morgan fingerprint density at radius 1 is 1.54 bits per heavy atom. The normalized spacial score (nSPS) is 18.9. The van der Waals surface area contributed by atoms with Crippen LogP contribution in [0.15, 0.2) is 38.9 Å². The summed E-state index contributed by atoms with van der Waals surface area (Å²) in [7, 11) is 0. The first kappa shape index (κ1) is 7.85. The molecule has 1 N–H and O–H groups in total. The van der Waals surface area contributed by atoms with E-state index in [9.17, 15) is 4.79 Å².